The molecule has 0 radical (unpaired) electrons. The molecule has 4 heteroatoms. The van der Waals surface area contributed by atoms with Crippen LogP contribution in [0.25, 0.3) is 0 Å². The molecule has 0 rings (SSSR count). The van der Waals surface area contributed by atoms with E-state index in [1.54, 1.807) is 0 Å². The lowest BCUT2D eigenvalue weighted by molar-refractivity contribution is -0.140. The van der Waals surface area contributed by atoms with Gasteiger partial charge in [0, 0.05) is 0 Å². The molecular formula is C6H10O4. The van der Waals surface area contributed by atoms with Crippen LogP contribution in [0.15, 0.2) is 12.7 Å². The second kappa shape index (κ2) is 4.96. The van der Waals surface area contributed by atoms with E-state index in [-0.39, 0.29) is 13.0 Å². The average Bonchev–Trinajstić information content (AvgIpc) is 1.87. The topological polar surface area (TPSA) is 66.8 Å². The molecule has 0 amide bonds. The van der Waals surface area contributed by atoms with Gasteiger partial charge in [-0.15, -0.1) is 0 Å². The Labute approximate surface area is 58.7 Å². The van der Waals surface area contributed by atoms with Crippen LogP contribution in [0.1, 0.15) is 6.42 Å². The lowest BCUT2D eigenvalue weighted by Crippen LogP contribution is -2.11. The highest BCUT2D eigenvalue weighted by molar-refractivity contribution is 5.66. The molecule has 0 heterocycles. The van der Waals surface area contributed by atoms with Crippen LogP contribution in [-0.2, 0) is 9.53 Å². The summed E-state index contributed by atoms with van der Waals surface area (Å²) in [5, 5.41) is 16.7. The Bertz CT molecular complexity index is 121. The van der Waals surface area contributed by atoms with Crippen molar-refractivity contribution in [1.82, 2.24) is 0 Å². The monoisotopic (exact) mass is 146 g/mol. The normalized spacial score (nSPS) is 12.5. The first-order valence-corrected chi connectivity index (χ1v) is 2.81. The highest BCUT2D eigenvalue weighted by Crippen LogP contribution is 1.89. The maximum absolute atomic E-state index is 9.88. The summed E-state index contributed by atoms with van der Waals surface area (Å²) in [4.78, 5) is 9.88. The molecule has 0 saturated heterocycles. The molecule has 0 saturated carbocycles. The van der Waals surface area contributed by atoms with Crippen molar-refractivity contribution < 1.29 is 19.7 Å². The van der Waals surface area contributed by atoms with Crippen molar-refractivity contribution in [1.29, 1.82) is 0 Å². The lowest BCUT2D eigenvalue weighted by atomic mass is 10.5. The minimum atomic E-state index is -1.06. The van der Waals surface area contributed by atoms with Gasteiger partial charge in [-0.25, -0.2) is 0 Å². The van der Waals surface area contributed by atoms with Crippen LogP contribution >= 0.6 is 0 Å². The van der Waals surface area contributed by atoms with Gasteiger partial charge in [0.25, 0.3) is 0 Å². The summed E-state index contributed by atoms with van der Waals surface area (Å²) >= 11 is 0. The van der Waals surface area contributed by atoms with E-state index in [4.69, 9.17) is 10.2 Å². The number of carbonyl (C=O) groups is 1. The molecule has 0 aliphatic heterocycles. The quantitative estimate of drug-likeness (QED) is 0.422. The predicted molar refractivity (Wildman–Crippen MR) is 34.4 cm³/mol. The van der Waals surface area contributed by atoms with Crippen molar-refractivity contribution in [2.24, 2.45) is 0 Å². The van der Waals surface area contributed by atoms with Crippen molar-refractivity contribution in [3.63, 3.8) is 0 Å². The summed E-state index contributed by atoms with van der Waals surface area (Å²) in [6.07, 6.45) is 0.0200. The predicted octanol–water partition coefficient (Wildman–Crippen LogP) is -0.0179. The summed E-state index contributed by atoms with van der Waals surface area (Å²) < 4.78 is 4.56. The number of hydrogen-bond donors (Lipinski definition) is 2. The van der Waals surface area contributed by atoms with E-state index < -0.39 is 12.3 Å². The molecule has 0 spiro atoms. The van der Waals surface area contributed by atoms with Gasteiger partial charge >= 0.3 is 5.97 Å². The summed E-state index contributed by atoms with van der Waals surface area (Å²) in [5.74, 6) is -0.948. The van der Waals surface area contributed by atoms with Gasteiger partial charge < -0.3 is 14.9 Å². The highest BCUT2D eigenvalue weighted by atomic mass is 16.6. The Morgan fingerprint density at radius 2 is 2.40 bits per heavy atom. The Kier molecular flexibility index (Phi) is 4.53. The van der Waals surface area contributed by atoms with E-state index >= 15 is 0 Å². The molecule has 1 unspecified atom stereocenters. The van der Waals surface area contributed by atoms with E-state index in [9.17, 15) is 4.79 Å². The van der Waals surface area contributed by atoms with Gasteiger partial charge in [-0.3, -0.25) is 4.79 Å². The van der Waals surface area contributed by atoms with E-state index in [0.29, 0.717) is 0 Å². The SMILES string of the molecule is C=CC(O)OCCC(=O)O. The van der Waals surface area contributed by atoms with Crippen molar-refractivity contribution >= 4 is 5.97 Å². The molecule has 4 nitrogen and oxygen atoms in total. The Morgan fingerprint density at radius 1 is 1.80 bits per heavy atom. The van der Waals surface area contributed by atoms with E-state index in [1.807, 2.05) is 0 Å². The Hall–Kier alpha value is -0.870. The number of carboxylic acid groups (broad SMARTS) is 1. The van der Waals surface area contributed by atoms with Crippen molar-refractivity contribution in [3.05, 3.63) is 12.7 Å². The fraction of sp³-hybridized carbons (Fsp3) is 0.500. The molecule has 0 aromatic carbocycles. The summed E-state index contributed by atoms with van der Waals surface area (Å²) in [6.45, 7) is 3.24. The van der Waals surface area contributed by atoms with Crippen LogP contribution in [0.2, 0.25) is 0 Å². The maximum Gasteiger partial charge on any atom is 0.305 e. The summed E-state index contributed by atoms with van der Waals surface area (Å²) in [5.41, 5.74) is 0. The van der Waals surface area contributed by atoms with Crippen molar-refractivity contribution in [2.75, 3.05) is 6.61 Å². The molecule has 58 valence electrons. The van der Waals surface area contributed by atoms with Gasteiger partial charge in [0.1, 0.15) is 0 Å². The third-order valence-electron chi connectivity index (χ3n) is 0.806. The molecule has 0 fully saturated rings. The molecule has 10 heavy (non-hydrogen) atoms. The van der Waals surface area contributed by atoms with E-state index in [0.717, 1.165) is 0 Å². The molecule has 2 N–H and O–H groups in total. The molecular weight excluding hydrogens is 136 g/mol. The number of ether oxygens (including phenoxy) is 1. The molecule has 0 aromatic heterocycles. The molecule has 0 aromatic rings. The summed E-state index contributed by atoms with van der Waals surface area (Å²) in [6, 6.07) is 0. The van der Waals surface area contributed by atoms with Crippen LogP contribution in [-0.4, -0.2) is 29.1 Å². The van der Waals surface area contributed by atoms with Crippen molar-refractivity contribution in [2.45, 2.75) is 12.7 Å². The highest BCUT2D eigenvalue weighted by Gasteiger charge is 1.99. The number of aliphatic hydroxyl groups is 1. The second-order valence-corrected chi connectivity index (χ2v) is 1.64. The second-order valence-electron chi connectivity index (χ2n) is 1.64. The number of hydrogen-bond acceptors (Lipinski definition) is 3. The van der Waals surface area contributed by atoms with Gasteiger partial charge in [0.05, 0.1) is 13.0 Å². The third-order valence-corrected chi connectivity index (χ3v) is 0.806. The van der Waals surface area contributed by atoms with Gasteiger partial charge in [-0.2, -0.15) is 0 Å². The lowest BCUT2D eigenvalue weighted by Gasteiger charge is -2.04. The molecule has 0 bridgehead atoms. The molecule has 0 aliphatic carbocycles. The minimum Gasteiger partial charge on any atom is -0.481 e. The smallest absolute Gasteiger partial charge is 0.305 e. The number of rotatable bonds is 5. The number of aliphatic hydroxyl groups excluding tert-OH is 1. The Balaban J connectivity index is 3.19. The maximum atomic E-state index is 9.88. The van der Waals surface area contributed by atoms with Crippen LogP contribution in [0.5, 0.6) is 0 Å². The third kappa shape index (κ3) is 5.27. The van der Waals surface area contributed by atoms with Gasteiger partial charge in [0.15, 0.2) is 6.29 Å². The first kappa shape index (κ1) is 9.13. The van der Waals surface area contributed by atoms with Gasteiger partial charge in [-0.05, 0) is 6.08 Å². The first-order valence-electron chi connectivity index (χ1n) is 2.81. The first-order chi connectivity index (χ1) is 4.66. The van der Waals surface area contributed by atoms with Crippen LogP contribution < -0.4 is 0 Å². The van der Waals surface area contributed by atoms with Gasteiger partial charge in [-0.1, -0.05) is 6.58 Å². The fourth-order valence-electron chi connectivity index (χ4n) is 0.335. The van der Waals surface area contributed by atoms with Gasteiger partial charge in [0.2, 0.25) is 0 Å². The van der Waals surface area contributed by atoms with E-state index in [2.05, 4.69) is 11.3 Å². The number of carboxylic acids is 1. The standard InChI is InChI=1S/C6H10O4/c1-2-6(9)10-4-3-5(7)8/h2,6,9H,1,3-4H2,(H,7,8). The number of aliphatic carboxylic acids is 1. The minimum absolute atomic E-state index is 0.00250. The zero-order chi connectivity index (χ0) is 7.98. The molecule has 1 atom stereocenters. The van der Waals surface area contributed by atoms with Crippen LogP contribution in [0.3, 0.4) is 0 Å². The molecule has 0 aliphatic rings. The summed E-state index contributed by atoms with van der Waals surface area (Å²) in [7, 11) is 0. The average molecular weight is 146 g/mol. The zero-order valence-corrected chi connectivity index (χ0v) is 5.49. The van der Waals surface area contributed by atoms with E-state index in [1.165, 1.54) is 6.08 Å². The van der Waals surface area contributed by atoms with Crippen molar-refractivity contribution in [3.8, 4) is 0 Å². The van der Waals surface area contributed by atoms with Crippen LogP contribution in [0.4, 0.5) is 0 Å². The fourth-order valence-corrected chi connectivity index (χ4v) is 0.335. The van der Waals surface area contributed by atoms with Crippen LogP contribution in [0, 0.1) is 0 Å². The largest absolute Gasteiger partial charge is 0.481 e. The Morgan fingerprint density at radius 3 is 2.80 bits per heavy atom. The zero-order valence-electron chi connectivity index (χ0n) is 5.49.